The lowest BCUT2D eigenvalue weighted by Crippen LogP contribution is -2.05. The number of nitrogens with zero attached hydrogens (tertiary/aromatic N) is 2. The van der Waals surface area contributed by atoms with Crippen LogP contribution in [-0.2, 0) is 6.18 Å². The van der Waals surface area contributed by atoms with Crippen LogP contribution in [0.5, 0.6) is 0 Å². The molecule has 2 heterocycles. The minimum atomic E-state index is -4.47. The van der Waals surface area contributed by atoms with Gasteiger partial charge in [0, 0.05) is 0 Å². The number of oxazole rings is 1. The van der Waals surface area contributed by atoms with E-state index in [4.69, 9.17) is 16.0 Å². The molecule has 8 heteroatoms. The number of aryl methyl sites for hydroxylation is 2. The molecule has 0 radical (unpaired) electrons. The molecule has 0 fully saturated rings. The maximum absolute atomic E-state index is 12.6. The molecule has 2 aromatic rings. The summed E-state index contributed by atoms with van der Waals surface area (Å²) in [4.78, 5) is 7.87. The summed E-state index contributed by atoms with van der Waals surface area (Å²) in [6.07, 6.45) is -4.47. The van der Waals surface area contributed by atoms with E-state index in [0.717, 1.165) is 23.9 Å². The lowest BCUT2D eigenvalue weighted by atomic mass is 10.3. The molecule has 2 aromatic heterocycles. The van der Waals surface area contributed by atoms with Crippen molar-refractivity contribution in [3.8, 4) is 0 Å². The van der Waals surface area contributed by atoms with Crippen LogP contribution in [0.15, 0.2) is 26.8 Å². The van der Waals surface area contributed by atoms with Crippen molar-refractivity contribution in [2.24, 2.45) is 0 Å². The van der Waals surface area contributed by atoms with Crippen molar-refractivity contribution in [3.63, 3.8) is 0 Å². The summed E-state index contributed by atoms with van der Waals surface area (Å²) in [6, 6.07) is 1.68. The van der Waals surface area contributed by atoms with E-state index in [0.29, 0.717) is 11.5 Å². The third-order valence-corrected chi connectivity index (χ3v) is 3.26. The van der Waals surface area contributed by atoms with E-state index in [1.54, 1.807) is 13.8 Å². The summed E-state index contributed by atoms with van der Waals surface area (Å²) in [5.74, 6) is 0.612. The number of halogens is 4. The van der Waals surface area contributed by atoms with Crippen molar-refractivity contribution >= 4 is 23.4 Å². The first-order valence-corrected chi connectivity index (χ1v) is 6.32. The first-order chi connectivity index (χ1) is 8.75. The number of rotatable bonds is 2. The highest BCUT2D eigenvalue weighted by Crippen LogP contribution is 2.35. The maximum atomic E-state index is 12.6. The Morgan fingerprint density at radius 2 is 1.89 bits per heavy atom. The molecule has 0 aliphatic rings. The van der Waals surface area contributed by atoms with Crippen molar-refractivity contribution in [1.29, 1.82) is 0 Å². The van der Waals surface area contributed by atoms with Gasteiger partial charge in [-0.05, 0) is 37.7 Å². The number of hydrogen-bond donors (Lipinski definition) is 0. The minimum Gasteiger partial charge on any atom is -0.436 e. The summed E-state index contributed by atoms with van der Waals surface area (Å²) in [6.45, 7) is 3.47. The molecular weight excluding hydrogens is 301 g/mol. The monoisotopic (exact) mass is 308 g/mol. The number of hydrogen-bond acceptors (Lipinski definition) is 4. The van der Waals surface area contributed by atoms with Gasteiger partial charge in [-0.3, -0.25) is 0 Å². The van der Waals surface area contributed by atoms with Gasteiger partial charge in [0.05, 0.1) is 11.3 Å². The van der Waals surface area contributed by atoms with Gasteiger partial charge in [-0.2, -0.15) is 13.2 Å². The van der Waals surface area contributed by atoms with Crippen LogP contribution >= 0.6 is 23.4 Å². The normalized spacial score (nSPS) is 11.9. The van der Waals surface area contributed by atoms with Crippen molar-refractivity contribution in [2.45, 2.75) is 30.3 Å². The molecule has 0 unspecified atom stereocenters. The number of pyridine rings is 1. The Morgan fingerprint density at radius 3 is 2.42 bits per heavy atom. The van der Waals surface area contributed by atoms with Gasteiger partial charge < -0.3 is 4.42 Å². The molecule has 0 saturated carbocycles. The second-order valence-electron chi connectivity index (χ2n) is 3.74. The number of aromatic nitrogens is 2. The summed E-state index contributed by atoms with van der Waals surface area (Å²) in [7, 11) is 0. The molecule has 0 aromatic carbocycles. The largest absolute Gasteiger partial charge is 0.436 e. The maximum Gasteiger partial charge on any atom is 0.416 e. The lowest BCUT2D eigenvalue weighted by molar-refractivity contribution is -0.137. The summed E-state index contributed by atoms with van der Waals surface area (Å²) in [5, 5.41) is 0.0938. The van der Waals surface area contributed by atoms with Crippen LogP contribution in [0.4, 0.5) is 13.2 Å². The highest BCUT2D eigenvalue weighted by atomic mass is 35.5. The predicted molar refractivity (Wildman–Crippen MR) is 64.3 cm³/mol. The molecule has 0 atom stereocenters. The smallest absolute Gasteiger partial charge is 0.416 e. The molecule has 102 valence electrons. The van der Waals surface area contributed by atoms with Crippen molar-refractivity contribution in [3.05, 3.63) is 34.3 Å². The topological polar surface area (TPSA) is 38.9 Å². The van der Waals surface area contributed by atoms with E-state index < -0.39 is 11.7 Å². The quantitative estimate of drug-likeness (QED) is 0.765. The van der Waals surface area contributed by atoms with Gasteiger partial charge in [-0.1, -0.05) is 11.6 Å². The Kier molecular flexibility index (Phi) is 3.78. The summed E-state index contributed by atoms with van der Waals surface area (Å²) < 4.78 is 43.1. The van der Waals surface area contributed by atoms with Crippen molar-refractivity contribution < 1.29 is 17.6 Å². The molecule has 0 bridgehead atoms. The molecule has 0 N–H and O–H groups in total. The molecule has 3 nitrogen and oxygen atoms in total. The Bertz CT molecular complexity index is 593. The first-order valence-electron chi connectivity index (χ1n) is 5.12. The van der Waals surface area contributed by atoms with Gasteiger partial charge in [-0.25, -0.2) is 9.97 Å². The fourth-order valence-electron chi connectivity index (χ4n) is 1.27. The van der Waals surface area contributed by atoms with E-state index in [1.807, 2.05) is 0 Å². The molecule has 0 aliphatic carbocycles. The van der Waals surface area contributed by atoms with Crippen LogP contribution in [0.3, 0.4) is 0 Å². The van der Waals surface area contributed by atoms with E-state index in [1.165, 1.54) is 0 Å². The van der Waals surface area contributed by atoms with E-state index in [9.17, 15) is 13.2 Å². The number of alkyl halides is 3. The van der Waals surface area contributed by atoms with Gasteiger partial charge in [0.1, 0.15) is 15.9 Å². The van der Waals surface area contributed by atoms with Gasteiger partial charge >= 0.3 is 6.18 Å². The molecule has 2 rings (SSSR count). The van der Waals surface area contributed by atoms with E-state index in [-0.39, 0.29) is 15.4 Å². The molecular formula is C11H8ClF3N2OS. The molecule has 0 spiro atoms. The highest BCUT2D eigenvalue weighted by molar-refractivity contribution is 7.99. The van der Waals surface area contributed by atoms with Gasteiger partial charge in [0.25, 0.3) is 5.22 Å². The first kappa shape index (κ1) is 14.2. The average molecular weight is 309 g/mol. The second-order valence-corrected chi connectivity index (χ2v) is 5.10. The Hall–Kier alpha value is -1.21. The SMILES string of the molecule is Cc1nc(Sc2cc(C(F)(F)F)cc(Cl)n2)oc1C. The predicted octanol–water partition coefficient (Wildman–Crippen LogP) is 4.51. The third-order valence-electron chi connectivity index (χ3n) is 2.30. The molecule has 0 saturated heterocycles. The van der Waals surface area contributed by atoms with E-state index >= 15 is 0 Å². The van der Waals surface area contributed by atoms with Gasteiger partial charge in [-0.15, -0.1) is 0 Å². The Balaban J connectivity index is 2.32. The van der Waals surface area contributed by atoms with Crippen LogP contribution in [-0.4, -0.2) is 9.97 Å². The summed E-state index contributed by atoms with van der Waals surface area (Å²) >= 11 is 6.48. The minimum absolute atomic E-state index is 0.0843. The zero-order valence-corrected chi connectivity index (χ0v) is 11.4. The van der Waals surface area contributed by atoms with Crippen LogP contribution in [0, 0.1) is 13.8 Å². The van der Waals surface area contributed by atoms with Gasteiger partial charge in [0.2, 0.25) is 0 Å². The Labute approximate surface area is 116 Å². The molecule has 0 aliphatic heterocycles. The average Bonchev–Trinajstić information content (AvgIpc) is 2.55. The Morgan fingerprint density at radius 1 is 1.21 bits per heavy atom. The summed E-state index contributed by atoms with van der Waals surface area (Å²) in [5.41, 5.74) is -0.171. The van der Waals surface area contributed by atoms with E-state index in [2.05, 4.69) is 9.97 Å². The fraction of sp³-hybridized carbons (Fsp3) is 0.273. The fourth-order valence-corrected chi connectivity index (χ4v) is 2.38. The third kappa shape index (κ3) is 3.42. The lowest BCUT2D eigenvalue weighted by Gasteiger charge is -2.07. The van der Waals surface area contributed by atoms with Crippen LogP contribution in [0.25, 0.3) is 0 Å². The van der Waals surface area contributed by atoms with Crippen LogP contribution < -0.4 is 0 Å². The zero-order chi connectivity index (χ0) is 14.2. The van der Waals surface area contributed by atoms with Crippen LogP contribution in [0.1, 0.15) is 17.0 Å². The molecule has 0 amide bonds. The second kappa shape index (κ2) is 5.05. The van der Waals surface area contributed by atoms with Crippen molar-refractivity contribution in [1.82, 2.24) is 9.97 Å². The van der Waals surface area contributed by atoms with Gasteiger partial charge in [0.15, 0.2) is 0 Å². The zero-order valence-electron chi connectivity index (χ0n) is 9.88. The highest BCUT2D eigenvalue weighted by Gasteiger charge is 2.31. The standard InChI is InChI=1S/C11H8ClF3N2OS/c1-5-6(2)18-10(16-5)19-9-4-7(11(13,14)15)3-8(12)17-9/h3-4H,1-2H3. The van der Waals surface area contributed by atoms with Crippen LogP contribution in [0.2, 0.25) is 5.15 Å². The van der Waals surface area contributed by atoms with Crippen molar-refractivity contribution in [2.75, 3.05) is 0 Å². The molecule has 19 heavy (non-hydrogen) atoms.